The summed E-state index contributed by atoms with van der Waals surface area (Å²) in [6.45, 7) is 13.5. The van der Waals surface area contributed by atoms with Gasteiger partial charge in [0.15, 0.2) is 0 Å². The van der Waals surface area contributed by atoms with Crippen LogP contribution in [0.4, 0.5) is 0 Å². The van der Waals surface area contributed by atoms with Gasteiger partial charge in [0.25, 0.3) is 0 Å². The fourth-order valence-electron chi connectivity index (χ4n) is 3.01. The molecule has 0 amide bonds. The first-order valence-corrected chi connectivity index (χ1v) is 12.1. The van der Waals surface area contributed by atoms with Gasteiger partial charge in [-0.25, -0.2) is 22.5 Å². The average molecular weight is 496 g/mol. The minimum atomic E-state index is -4.74. The van der Waals surface area contributed by atoms with E-state index in [1.807, 2.05) is 63.3 Å². The number of nitrogens with zero attached hydrogens (tertiary/aromatic N) is 10. The molecule has 0 atom stereocenters. The molecule has 0 fully saturated rings. The third-order valence-electron chi connectivity index (χ3n) is 4.75. The van der Waals surface area contributed by atoms with Gasteiger partial charge in [-0.2, -0.15) is 0 Å². The standard InChI is InChI=1S/C19H32N10O4S/c1-18(2,3)28-13-16(21-24-28)10-26(11-17-14-29(25-22-17)19(4,5)6)9-15-12-27(23-20-15)7-8-33-34(30,31)32/h12-14H,7-11H2,1-6H3,(H,30,31,32)/p-1. The molecular weight excluding hydrogens is 464 g/mol. The van der Waals surface area contributed by atoms with Gasteiger partial charge in [0.1, 0.15) is 0 Å². The second kappa shape index (κ2) is 9.85. The molecule has 3 aromatic rings. The summed E-state index contributed by atoms with van der Waals surface area (Å²) < 4.78 is 41.1. The van der Waals surface area contributed by atoms with Gasteiger partial charge in [-0.1, -0.05) is 15.6 Å². The molecule has 34 heavy (non-hydrogen) atoms. The van der Waals surface area contributed by atoms with Crippen LogP contribution < -0.4 is 0 Å². The molecule has 0 saturated heterocycles. The van der Waals surface area contributed by atoms with E-state index in [0.717, 1.165) is 11.4 Å². The lowest BCUT2D eigenvalue weighted by Crippen LogP contribution is -2.24. The molecule has 3 aromatic heterocycles. The summed E-state index contributed by atoms with van der Waals surface area (Å²) in [6, 6.07) is 0. The predicted octanol–water partition coefficient (Wildman–Crippen LogP) is 0.650. The zero-order valence-electron chi connectivity index (χ0n) is 20.3. The highest BCUT2D eigenvalue weighted by Gasteiger charge is 2.20. The van der Waals surface area contributed by atoms with Crippen LogP contribution >= 0.6 is 0 Å². The third-order valence-corrected chi connectivity index (χ3v) is 5.20. The lowest BCUT2D eigenvalue weighted by atomic mass is 10.1. The van der Waals surface area contributed by atoms with Gasteiger partial charge in [0.05, 0.1) is 53.7 Å². The smallest absolute Gasteiger partial charge is 0.217 e. The van der Waals surface area contributed by atoms with Crippen LogP contribution in [-0.2, 0) is 51.8 Å². The molecule has 0 radical (unpaired) electrons. The minimum Gasteiger partial charge on any atom is -0.726 e. The van der Waals surface area contributed by atoms with E-state index in [1.165, 1.54) is 4.68 Å². The Morgan fingerprint density at radius 2 is 1.26 bits per heavy atom. The van der Waals surface area contributed by atoms with Crippen molar-refractivity contribution in [1.29, 1.82) is 0 Å². The zero-order valence-corrected chi connectivity index (χ0v) is 21.1. The highest BCUT2D eigenvalue weighted by atomic mass is 32.3. The summed E-state index contributed by atoms with van der Waals surface area (Å²) in [7, 11) is -4.74. The SMILES string of the molecule is CC(C)(C)n1cc(CN(Cc2cn(CCOS(=O)(=O)[O-])nn2)Cc2cn(C(C)(C)C)nn2)nn1. The van der Waals surface area contributed by atoms with E-state index in [-0.39, 0.29) is 24.2 Å². The molecule has 188 valence electrons. The molecule has 0 aliphatic carbocycles. The Hall–Kier alpha value is -2.75. The van der Waals surface area contributed by atoms with Crippen molar-refractivity contribution in [2.24, 2.45) is 0 Å². The third kappa shape index (κ3) is 7.65. The van der Waals surface area contributed by atoms with E-state index in [4.69, 9.17) is 0 Å². The van der Waals surface area contributed by atoms with Crippen LogP contribution in [0, 0.1) is 0 Å². The predicted molar refractivity (Wildman–Crippen MR) is 119 cm³/mol. The lowest BCUT2D eigenvalue weighted by molar-refractivity contribution is 0.238. The first-order valence-electron chi connectivity index (χ1n) is 10.7. The second-order valence-corrected chi connectivity index (χ2v) is 11.1. The Morgan fingerprint density at radius 1 is 0.824 bits per heavy atom. The van der Waals surface area contributed by atoms with Crippen molar-refractivity contribution >= 4 is 10.4 Å². The van der Waals surface area contributed by atoms with Crippen LogP contribution in [0.15, 0.2) is 18.6 Å². The van der Waals surface area contributed by atoms with Crippen LogP contribution in [0.3, 0.4) is 0 Å². The van der Waals surface area contributed by atoms with Gasteiger partial charge in [-0.15, -0.1) is 15.3 Å². The van der Waals surface area contributed by atoms with Gasteiger partial charge in [-0.3, -0.25) is 9.08 Å². The second-order valence-electron chi connectivity index (χ2n) is 10.00. The maximum atomic E-state index is 10.6. The minimum absolute atomic E-state index is 0.0777. The van der Waals surface area contributed by atoms with E-state index in [1.54, 1.807) is 6.20 Å². The summed E-state index contributed by atoms with van der Waals surface area (Å²) in [5.74, 6) is 0. The highest BCUT2D eigenvalue weighted by molar-refractivity contribution is 7.80. The van der Waals surface area contributed by atoms with Crippen molar-refractivity contribution < 1.29 is 17.2 Å². The van der Waals surface area contributed by atoms with E-state index in [9.17, 15) is 13.0 Å². The molecule has 0 aliphatic rings. The van der Waals surface area contributed by atoms with Crippen molar-refractivity contribution in [3.05, 3.63) is 35.7 Å². The summed E-state index contributed by atoms with van der Waals surface area (Å²) in [5.41, 5.74) is 1.86. The Morgan fingerprint density at radius 3 is 1.68 bits per heavy atom. The summed E-state index contributed by atoms with van der Waals surface area (Å²) in [5, 5.41) is 25.2. The molecule has 0 aliphatic heterocycles. The van der Waals surface area contributed by atoms with Crippen molar-refractivity contribution in [2.75, 3.05) is 6.61 Å². The normalized spacial score (nSPS) is 13.2. The number of hydrogen-bond donors (Lipinski definition) is 0. The molecule has 14 nitrogen and oxygen atoms in total. The first kappa shape index (κ1) is 25.9. The van der Waals surface area contributed by atoms with Gasteiger partial charge < -0.3 is 4.55 Å². The first-order chi connectivity index (χ1) is 15.7. The zero-order chi connectivity index (χ0) is 25.1. The molecule has 0 bridgehead atoms. The van der Waals surface area contributed by atoms with Gasteiger partial charge >= 0.3 is 0 Å². The molecule has 0 unspecified atom stereocenters. The topological polar surface area (TPSA) is 162 Å². The van der Waals surface area contributed by atoms with Gasteiger partial charge in [-0.05, 0) is 41.5 Å². The lowest BCUT2D eigenvalue weighted by Gasteiger charge is -2.20. The Kier molecular flexibility index (Phi) is 7.50. The van der Waals surface area contributed by atoms with E-state index < -0.39 is 10.4 Å². The van der Waals surface area contributed by atoms with E-state index in [2.05, 4.69) is 40.0 Å². The molecule has 15 heteroatoms. The fourth-order valence-corrected chi connectivity index (χ4v) is 3.28. The van der Waals surface area contributed by atoms with Crippen molar-refractivity contribution in [3.63, 3.8) is 0 Å². The molecule has 3 rings (SSSR count). The largest absolute Gasteiger partial charge is 0.726 e. The molecule has 0 saturated carbocycles. The number of rotatable bonds is 10. The van der Waals surface area contributed by atoms with Crippen molar-refractivity contribution in [2.45, 2.75) is 78.8 Å². The number of hydrogen-bond acceptors (Lipinski definition) is 11. The Labute approximate surface area is 198 Å². The quantitative estimate of drug-likeness (QED) is 0.287. The fraction of sp³-hybridized carbons (Fsp3) is 0.684. The molecule has 3 heterocycles. The summed E-state index contributed by atoms with van der Waals surface area (Å²) in [4.78, 5) is 2.08. The van der Waals surface area contributed by atoms with Crippen LogP contribution in [0.5, 0.6) is 0 Å². The highest BCUT2D eigenvalue weighted by Crippen LogP contribution is 2.16. The van der Waals surface area contributed by atoms with Gasteiger partial charge in [0.2, 0.25) is 10.4 Å². The Bertz CT molecular complexity index is 1130. The Balaban J connectivity index is 1.74. The molecule has 0 aromatic carbocycles. The monoisotopic (exact) mass is 495 g/mol. The summed E-state index contributed by atoms with van der Waals surface area (Å²) in [6.07, 6.45) is 5.50. The summed E-state index contributed by atoms with van der Waals surface area (Å²) >= 11 is 0. The van der Waals surface area contributed by atoms with Crippen LogP contribution in [0.2, 0.25) is 0 Å². The molecule has 0 spiro atoms. The average Bonchev–Trinajstić information content (AvgIpc) is 3.41. The number of aromatic nitrogens is 9. The van der Waals surface area contributed by atoms with Gasteiger partial charge in [0, 0.05) is 25.8 Å². The molecular formula is C19H31N10O4S-. The van der Waals surface area contributed by atoms with Crippen LogP contribution in [-0.4, -0.2) is 69.5 Å². The van der Waals surface area contributed by atoms with E-state index >= 15 is 0 Å². The van der Waals surface area contributed by atoms with Crippen LogP contribution in [0.25, 0.3) is 0 Å². The van der Waals surface area contributed by atoms with Crippen LogP contribution in [0.1, 0.15) is 58.6 Å². The van der Waals surface area contributed by atoms with Crippen molar-refractivity contribution in [1.82, 2.24) is 49.9 Å². The van der Waals surface area contributed by atoms with Crippen molar-refractivity contribution in [3.8, 4) is 0 Å². The maximum absolute atomic E-state index is 10.6. The maximum Gasteiger partial charge on any atom is 0.217 e. The molecule has 0 N–H and O–H groups in total. The van der Waals surface area contributed by atoms with E-state index in [0.29, 0.717) is 25.3 Å².